The summed E-state index contributed by atoms with van der Waals surface area (Å²) in [6.07, 6.45) is 0. The van der Waals surface area contributed by atoms with Crippen LogP contribution < -0.4 is 9.80 Å². The summed E-state index contributed by atoms with van der Waals surface area (Å²) in [5.41, 5.74) is 8.62. The van der Waals surface area contributed by atoms with Crippen LogP contribution in [0.5, 0.6) is 0 Å². The van der Waals surface area contributed by atoms with Crippen molar-refractivity contribution >= 4 is 11.4 Å². The van der Waals surface area contributed by atoms with Crippen LogP contribution in [0.4, 0.5) is 11.4 Å². The van der Waals surface area contributed by atoms with Gasteiger partial charge in [-0.25, -0.2) is 0 Å². The Kier molecular flexibility index (Phi) is 9.30. The van der Waals surface area contributed by atoms with Crippen LogP contribution in [0.1, 0.15) is 22.5 Å². The van der Waals surface area contributed by atoms with Gasteiger partial charge in [0, 0.05) is 39.6 Å². The van der Waals surface area contributed by atoms with Crippen LogP contribution in [-0.2, 0) is 45.4 Å². The fourth-order valence-electron chi connectivity index (χ4n) is 4.12. The monoisotopic (exact) mass is 491 g/mol. The summed E-state index contributed by atoms with van der Waals surface area (Å²) in [7, 11) is 8.21. The third-order valence-corrected chi connectivity index (χ3v) is 6.12. The zero-order valence-electron chi connectivity index (χ0n) is 21.8. The molecule has 7 heteroatoms. The van der Waals surface area contributed by atoms with Crippen molar-refractivity contribution < 1.29 is 18.9 Å². The van der Waals surface area contributed by atoms with Gasteiger partial charge in [0.1, 0.15) is 0 Å². The van der Waals surface area contributed by atoms with Gasteiger partial charge in [-0.05, 0) is 58.7 Å². The minimum atomic E-state index is 0.448. The van der Waals surface area contributed by atoms with Crippen molar-refractivity contribution in [3.8, 4) is 11.1 Å². The molecule has 0 amide bonds. The predicted molar refractivity (Wildman–Crippen MR) is 143 cm³/mol. The summed E-state index contributed by atoms with van der Waals surface area (Å²) < 4.78 is 23.8. The van der Waals surface area contributed by atoms with Gasteiger partial charge < -0.3 is 28.7 Å². The molecule has 0 fully saturated rings. The smallest absolute Gasteiger partial charge is 0.0889 e. The average Bonchev–Trinajstić information content (AvgIpc) is 2.87. The Balaban J connectivity index is 1.62. The molecule has 192 valence electrons. The van der Waals surface area contributed by atoms with Gasteiger partial charge in [-0.2, -0.15) is 0 Å². The largest absolute Gasteiger partial charge is 0.378 e. The van der Waals surface area contributed by atoms with Gasteiger partial charge in [0.05, 0.1) is 64.2 Å². The number of rotatable bonds is 2. The fourth-order valence-corrected chi connectivity index (χ4v) is 4.12. The standard InChI is InChI=1S/C29H37N3O4/c1-31(2)26-8-10-28-22(16-26)18-33-12-14-35-20-24-6-5-7-25(30-24)21-36-15-13-34-19-23-17-27(32(3)4)9-11-29(23)28/h5-11,16-17H,12-15,18-21H2,1-4H3. The van der Waals surface area contributed by atoms with Crippen LogP contribution in [0.3, 0.4) is 0 Å². The molecule has 3 aromatic rings. The second-order valence-corrected chi connectivity index (χ2v) is 9.30. The molecule has 0 atom stereocenters. The Morgan fingerprint density at radius 2 is 0.972 bits per heavy atom. The van der Waals surface area contributed by atoms with E-state index in [1.165, 1.54) is 0 Å². The molecule has 2 aromatic carbocycles. The highest BCUT2D eigenvalue weighted by Gasteiger charge is 2.14. The van der Waals surface area contributed by atoms with Crippen molar-refractivity contribution in [1.82, 2.24) is 4.98 Å². The highest BCUT2D eigenvalue weighted by Crippen LogP contribution is 2.33. The van der Waals surface area contributed by atoms with Crippen molar-refractivity contribution in [2.75, 3.05) is 64.4 Å². The normalized spacial score (nSPS) is 15.6. The van der Waals surface area contributed by atoms with Gasteiger partial charge in [-0.1, -0.05) is 18.2 Å². The maximum atomic E-state index is 6.07. The molecule has 0 aliphatic carbocycles. The summed E-state index contributed by atoms with van der Waals surface area (Å²) in [5, 5.41) is 0. The molecule has 2 heterocycles. The molecular weight excluding hydrogens is 454 g/mol. The zero-order valence-corrected chi connectivity index (χ0v) is 21.8. The number of benzene rings is 2. The Morgan fingerprint density at radius 1 is 0.556 bits per heavy atom. The number of anilines is 2. The lowest BCUT2D eigenvalue weighted by Gasteiger charge is -2.21. The third-order valence-electron chi connectivity index (χ3n) is 6.12. The first-order valence-electron chi connectivity index (χ1n) is 12.4. The molecule has 1 aromatic heterocycles. The average molecular weight is 492 g/mol. The van der Waals surface area contributed by atoms with Crippen molar-refractivity contribution in [3.63, 3.8) is 0 Å². The molecule has 0 N–H and O–H groups in total. The SMILES string of the molecule is CN(C)c1ccc2c(c1)COCCOCc1cccc(n1)COCCOCc1cc(N(C)C)ccc1-2. The maximum absolute atomic E-state index is 6.07. The number of hydrogen-bond donors (Lipinski definition) is 0. The molecule has 1 aliphatic rings. The molecule has 36 heavy (non-hydrogen) atoms. The molecule has 0 unspecified atom stereocenters. The predicted octanol–water partition coefficient (Wildman–Crippen LogP) is 4.66. The summed E-state index contributed by atoms with van der Waals surface area (Å²) in [4.78, 5) is 8.84. The van der Waals surface area contributed by atoms with E-state index in [0.29, 0.717) is 52.9 Å². The van der Waals surface area contributed by atoms with Crippen molar-refractivity contribution in [1.29, 1.82) is 0 Å². The minimum Gasteiger partial charge on any atom is -0.378 e. The molecule has 0 spiro atoms. The minimum absolute atomic E-state index is 0.448. The van der Waals surface area contributed by atoms with E-state index in [1.54, 1.807) is 0 Å². The summed E-state index contributed by atoms with van der Waals surface area (Å²) >= 11 is 0. The topological polar surface area (TPSA) is 56.3 Å². The van der Waals surface area contributed by atoms with Crippen molar-refractivity contribution in [2.45, 2.75) is 26.4 Å². The second kappa shape index (κ2) is 12.8. The number of nitrogens with zero attached hydrogens (tertiary/aromatic N) is 3. The number of aromatic nitrogens is 1. The van der Waals surface area contributed by atoms with Crippen LogP contribution in [0.25, 0.3) is 11.1 Å². The number of ether oxygens (including phenoxy) is 4. The van der Waals surface area contributed by atoms with Gasteiger partial charge >= 0.3 is 0 Å². The Hall–Kier alpha value is -2.97. The van der Waals surface area contributed by atoms with E-state index < -0.39 is 0 Å². The van der Waals surface area contributed by atoms with Gasteiger partial charge in [0.25, 0.3) is 0 Å². The van der Waals surface area contributed by atoms with E-state index in [2.05, 4.69) is 79.4 Å². The quantitative estimate of drug-likeness (QED) is 0.517. The first kappa shape index (κ1) is 26.1. The maximum Gasteiger partial charge on any atom is 0.0889 e. The summed E-state index contributed by atoms with van der Waals surface area (Å²) in [6, 6.07) is 19.0. The van der Waals surface area contributed by atoms with E-state index in [1.807, 2.05) is 18.2 Å². The molecule has 1 aliphatic heterocycles. The molecular formula is C29H37N3O4. The lowest BCUT2D eigenvalue weighted by molar-refractivity contribution is 0.0307. The number of hydrogen-bond acceptors (Lipinski definition) is 7. The van der Waals surface area contributed by atoms with E-state index >= 15 is 0 Å². The van der Waals surface area contributed by atoms with Gasteiger partial charge in [-0.3, -0.25) is 4.98 Å². The number of fused-ring (bicyclic) bond motifs is 5. The highest BCUT2D eigenvalue weighted by molar-refractivity contribution is 5.75. The third kappa shape index (κ3) is 7.04. The van der Waals surface area contributed by atoms with E-state index in [4.69, 9.17) is 18.9 Å². The second-order valence-electron chi connectivity index (χ2n) is 9.30. The van der Waals surface area contributed by atoms with Gasteiger partial charge in [0.2, 0.25) is 0 Å². The van der Waals surface area contributed by atoms with Gasteiger partial charge in [-0.15, -0.1) is 0 Å². The van der Waals surface area contributed by atoms with Crippen LogP contribution in [-0.4, -0.2) is 59.6 Å². The molecule has 0 saturated carbocycles. The fraction of sp³-hybridized carbons (Fsp3) is 0.414. The summed E-state index contributed by atoms with van der Waals surface area (Å²) in [5.74, 6) is 0. The first-order valence-corrected chi connectivity index (χ1v) is 12.4. The molecule has 4 rings (SSSR count). The van der Waals surface area contributed by atoms with Crippen molar-refractivity contribution in [3.05, 3.63) is 77.1 Å². The molecule has 2 bridgehead atoms. The van der Waals surface area contributed by atoms with Gasteiger partial charge in [0.15, 0.2) is 0 Å². The number of pyridine rings is 1. The Labute approximate surface area is 214 Å². The Morgan fingerprint density at radius 3 is 1.39 bits per heavy atom. The van der Waals surface area contributed by atoms with E-state index in [-0.39, 0.29) is 0 Å². The zero-order chi connectivity index (χ0) is 25.3. The lowest BCUT2D eigenvalue weighted by Crippen LogP contribution is -2.11. The van der Waals surface area contributed by atoms with E-state index in [0.717, 1.165) is 45.0 Å². The van der Waals surface area contributed by atoms with Crippen molar-refractivity contribution in [2.24, 2.45) is 0 Å². The van der Waals surface area contributed by atoms with Crippen LogP contribution in [0, 0.1) is 0 Å². The Bertz CT molecular complexity index is 1050. The molecule has 0 saturated heterocycles. The molecule has 7 nitrogen and oxygen atoms in total. The lowest BCUT2D eigenvalue weighted by atomic mass is 9.94. The first-order chi connectivity index (χ1) is 17.5. The van der Waals surface area contributed by atoms with E-state index in [9.17, 15) is 0 Å². The molecule has 0 radical (unpaired) electrons. The summed E-state index contributed by atoms with van der Waals surface area (Å²) in [6.45, 7) is 3.90. The van der Waals surface area contributed by atoms with Crippen LogP contribution >= 0.6 is 0 Å². The van der Waals surface area contributed by atoms with Crippen LogP contribution in [0.15, 0.2) is 54.6 Å². The highest BCUT2D eigenvalue weighted by atomic mass is 16.5. The van der Waals surface area contributed by atoms with Crippen LogP contribution in [0.2, 0.25) is 0 Å².